The minimum absolute atomic E-state index is 0.0145. The topological polar surface area (TPSA) is 134 Å². The number of hydrogen-bond donors (Lipinski definition) is 1. The number of ether oxygens (including phenoxy) is 4. The summed E-state index contributed by atoms with van der Waals surface area (Å²) in [5.74, 6) is -3.47. The number of benzene rings is 1. The predicted octanol–water partition coefficient (Wildman–Crippen LogP) is 6.02. The van der Waals surface area contributed by atoms with Gasteiger partial charge in [-0.3, -0.25) is 4.79 Å². The number of nitrogens with one attached hydrogen (secondary N) is 1. The molecule has 0 saturated heterocycles. The molecule has 0 aliphatic carbocycles. The van der Waals surface area contributed by atoms with E-state index < -0.39 is 42.0 Å². The largest absolute Gasteiger partial charge is 0.463 e. The van der Waals surface area contributed by atoms with E-state index in [1.165, 1.54) is 6.92 Å². The van der Waals surface area contributed by atoms with E-state index in [-0.39, 0.29) is 46.4 Å². The van der Waals surface area contributed by atoms with Gasteiger partial charge < -0.3 is 24.3 Å². The van der Waals surface area contributed by atoms with Crippen LogP contribution in [0.3, 0.4) is 0 Å². The number of unbranched alkanes of at least 4 members (excludes halogenated alkanes) is 2. The number of rotatable bonds is 15. The van der Waals surface area contributed by atoms with Crippen molar-refractivity contribution in [2.24, 2.45) is 0 Å². The number of esters is 4. The molecule has 1 amide bonds. The van der Waals surface area contributed by atoms with Crippen molar-refractivity contribution in [2.45, 2.75) is 85.4 Å². The zero-order valence-corrected chi connectivity index (χ0v) is 29.1. The third-order valence-electron chi connectivity index (χ3n) is 5.26. The summed E-state index contributed by atoms with van der Waals surface area (Å²) in [5, 5.41) is 2.66. The second-order valence-electron chi connectivity index (χ2n) is 8.32. The first-order chi connectivity index (χ1) is 18.4. The second-order valence-corrected chi connectivity index (χ2v) is 11.6. The Labute approximate surface area is 269 Å². The van der Waals surface area contributed by atoms with E-state index in [1.807, 2.05) is 81.6 Å². The lowest BCUT2D eigenvalue weighted by molar-refractivity contribution is -0.154. The maximum absolute atomic E-state index is 13.5. The lowest BCUT2D eigenvalue weighted by Gasteiger charge is -2.22. The standard InChI is InChI=1S/C26H34I3NO9/c1-6-10-12-15(23(32)36-8-3)38-25(34)17-19(27)18(21(29)22(20(17)28)30-14(5)31)26(35)39-16(13-11-7-2)24(33)37-9-4/h15-16H,6-13H2,1-5H3,(H,30,31). The van der Waals surface area contributed by atoms with Crippen LogP contribution in [0.5, 0.6) is 0 Å². The van der Waals surface area contributed by atoms with Crippen molar-refractivity contribution in [2.75, 3.05) is 18.5 Å². The third kappa shape index (κ3) is 10.6. The molecule has 0 heterocycles. The molecular weight excluding hydrogens is 851 g/mol. The summed E-state index contributed by atoms with van der Waals surface area (Å²) in [6.07, 6.45) is 1.06. The van der Waals surface area contributed by atoms with Gasteiger partial charge >= 0.3 is 23.9 Å². The molecule has 0 saturated carbocycles. The molecule has 0 radical (unpaired) electrons. The van der Waals surface area contributed by atoms with Crippen molar-refractivity contribution in [1.82, 2.24) is 0 Å². The van der Waals surface area contributed by atoms with Gasteiger partial charge in [0.25, 0.3) is 0 Å². The van der Waals surface area contributed by atoms with Crippen LogP contribution in [0.15, 0.2) is 0 Å². The van der Waals surface area contributed by atoms with Gasteiger partial charge in [-0.1, -0.05) is 26.7 Å². The molecule has 0 aliphatic heterocycles. The van der Waals surface area contributed by atoms with E-state index in [1.54, 1.807) is 13.8 Å². The van der Waals surface area contributed by atoms with Crippen molar-refractivity contribution < 1.29 is 42.9 Å². The molecule has 218 valence electrons. The second kappa shape index (κ2) is 18.2. The van der Waals surface area contributed by atoms with E-state index in [0.717, 1.165) is 12.8 Å². The molecule has 1 aromatic rings. The number of hydrogen-bond acceptors (Lipinski definition) is 9. The first-order valence-electron chi connectivity index (χ1n) is 12.7. The van der Waals surface area contributed by atoms with Crippen LogP contribution in [0.2, 0.25) is 0 Å². The smallest absolute Gasteiger partial charge is 0.347 e. The average Bonchev–Trinajstić information content (AvgIpc) is 2.86. The van der Waals surface area contributed by atoms with E-state index in [9.17, 15) is 24.0 Å². The molecule has 13 heteroatoms. The normalized spacial score (nSPS) is 12.2. The molecule has 0 fully saturated rings. The lowest BCUT2D eigenvalue weighted by Crippen LogP contribution is -2.32. The van der Waals surface area contributed by atoms with Gasteiger partial charge in [0.2, 0.25) is 5.91 Å². The predicted molar refractivity (Wildman–Crippen MR) is 170 cm³/mol. The maximum atomic E-state index is 13.5. The number of amides is 1. The monoisotopic (exact) mass is 885 g/mol. The SMILES string of the molecule is CCCCC(OC(=O)c1c(I)c(NC(C)=O)c(I)c(C(=O)OC(CCCC)C(=O)OCC)c1I)C(=O)OCC. The van der Waals surface area contributed by atoms with Crippen molar-refractivity contribution in [3.05, 3.63) is 21.8 Å². The van der Waals surface area contributed by atoms with Crippen LogP contribution in [0.25, 0.3) is 0 Å². The van der Waals surface area contributed by atoms with Crippen molar-refractivity contribution >= 4 is 103 Å². The number of carbonyl (C=O) groups is 5. The summed E-state index contributed by atoms with van der Waals surface area (Å²) in [4.78, 5) is 63.9. The summed E-state index contributed by atoms with van der Waals surface area (Å²) in [5.41, 5.74) is 0.184. The average molecular weight is 885 g/mol. The van der Waals surface area contributed by atoms with E-state index in [4.69, 9.17) is 18.9 Å². The fourth-order valence-electron chi connectivity index (χ4n) is 3.38. The minimum atomic E-state index is -1.13. The fourth-order valence-corrected chi connectivity index (χ4v) is 7.70. The van der Waals surface area contributed by atoms with Gasteiger partial charge in [-0.05, 0) is 107 Å². The summed E-state index contributed by atoms with van der Waals surface area (Å²) < 4.78 is 22.2. The molecular formula is C26H34I3NO9. The Kier molecular flexibility index (Phi) is 16.7. The quantitative estimate of drug-likeness (QED) is 0.128. The zero-order chi connectivity index (χ0) is 29.7. The Bertz CT molecular complexity index is 991. The summed E-state index contributed by atoms with van der Waals surface area (Å²) in [6.45, 7) is 8.74. The van der Waals surface area contributed by atoms with Gasteiger partial charge in [0.1, 0.15) is 0 Å². The lowest BCUT2D eigenvalue weighted by atomic mass is 10.1. The molecule has 0 bridgehead atoms. The summed E-state index contributed by atoms with van der Waals surface area (Å²) in [7, 11) is 0. The molecule has 0 aliphatic rings. The fraction of sp³-hybridized carbons (Fsp3) is 0.577. The number of halogens is 3. The van der Waals surface area contributed by atoms with Gasteiger partial charge in [0, 0.05) is 10.5 Å². The van der Waals surface area contributed by atoms with Gasteiger partial charge in [0.05, 0.1) is 37.2 Å². The van der Waals surface area contributed by atoms with Crippen LogP contribution in [0.4, 0.5) is 5.69 Å². The van der Waals surface area contributed by atoms with E-state index in [2.05, 4.69) is 5.32 Å². The van der Waals surface area contributed by atoms with Crippen LogP contribution in [0.1, 0.15) is 93.9 Å². The highest BCUT2D eigenvalue weighted by molar-refractivity contribution is 14.1. The first-order valence-corrected chi connectivity index (χ1v) is 15.9. The van der Waals surface area contributed by atoms with Crippen molar-refractivity contribution in [3.8, 4) is 0 Å². The molecule has 1 rings (SSSR count). The highest BCUT2D eigenvalue weighted by atomic mass is 127. The van der Waals surface area contributed by atoms with Crippen molar-refractivity contribution in [1.29, 1.82) is 0 Å². The van der Waals surface area contributed by atoms with Crippen LogP contribution in [-0.2, 0) is 33.3 Å². The molecule has 2 unspecified atom stereocenters. The van der Waals surface area contributed by atoms with Crippen molar-refractivity contribution in [3.63, 3.8) is 0 Å². The van der Waals surface area contributed by atoms with Crippen LogP contribution in [-0.4, -0.2) is 55.2 Å². The van der Waals surface area contributed by atoms with Gasteiger partial charge in [-0.15, -0.1) is 0 Å². The van der Waals surface area contributed by atoms with Gasteiger partial charge in [-0.2, -0.15) is 0 Å². The Morgan fingerprint density at radius 1 is 0.692 bits per heavy atom. The summed E-state index contributed by atoms with van der Waals surface area (Å²) in [6, 6.07) is 0. The van der Waals surface area contributed by atoms with Gasteiger partial charge in [-0.25, -0.2) is 19.2 Å². The molecule has 39 heavy (non-hydrogen) atoms. The van der Waals surface area contributed by atoms with Crippen LogP contribution < -0.4 is 5.32 Å². The molecule has 0 spiro atoms. The minimum Gasteiger partial charge on any atom is -0.463 e. The zero-order valence-electron chi connectivity index (χ0n) is 22.6. The highest BCUT2D eigenvalue weighted by Crippen LogP contribution is 2.37. The Morgan fingerprint density at radius 3 is 1.38 bits per heavy atom. The Morgan fingerprint density at radius 2 is 1.08 bits per heavy atom. The third-order valence-corrected chi connectivity index (χ3v) is 8.50. The van der Waals surface area contributed by atoms with Crippen LogP contribution >= 0.6 is 67.8 Å². The van der Waals surface area contributed by atoms with Crippen LogP contribution in [0, 0.1) is 10.7 Å². The Hall–Kier alpha value is -1.24. The molecule has 10 nitrogen and oxygen atoms in total. The molecule has 0 aromatic heterocycles. The number of carbonyl (C=O) groups excluding carboxylic acids is 5. The Balaban J connectivity index is 3.63. The van der Waals surface area contributed by atoms with Gasteiger partial charge in [0.15, 0.2) is 12.2 Å². The maximum Gasteiger partial charge on any atom is 0.347 e. The summed E-state index contributed by atoms with van der Waals surface area (Å²) >= 11 is 5.61. The van der Waals surface area contributed by atoms with E-state index >= 15 is 0 Å². The molecule has 2 atom stereocenters. The van der Waals surface area contributed by atoms with E-state index in [0.29, 0.717) is 20.0 Å². The molecule has 1 aromatic carbocycles. The molecule has 1 N–H and O–H groups in total. The number of anilines is 1. The first kappa shape index (κ1) is 35.8. The highest BCUT2D eigenvalue weighted by Gasteiger charge is 2.34.